The molecule has 5 rings (SSSR count). The zero-order valence-corrected chi connectivity index (χ0v) is 21.8. The first-order chi connectivity index (χ1) is 18.9. The summed E-state index contributed by atoms with van der Waals surface area (Å²) in [6, 6.07) is 22.2. The van der Waals surface area contributed by atoms with Crippen molar-refractivity contribution >= 4 is 34.6 Å². The first kappa shape index (κ1) is 25.9. The largest absolute Gasteiger partial charge is 0.496 e. The second kappa shape index (κ2) is 11.3. The summed E-state index contributed by atoms with van der Waals surface area (Å²) in [7, 11) is 1.45. The molecule has 0 bridgehead atoms. The topological polar surface area (TPSA) is 123 Å². The molecule has 2 aromatic heterocycles. The molecular weight excluding hydrogens is 518 g/mol. The van der Waals surface area contributed by atoms with Crippen LogP contribution in [0.3, 0.4) is 0 Å². The van der Waals surface area contributed by atoms with Crippen molar-refractivity contribution < 1.29 is 18.9 Å². The van der Waals surface area contributed by atoms with Crippen LogP contribution in [0.1, 0.15) is 30.0 Å². The molecule has 1 fully saturated rings. The summed E-state index contributed by atoms with van der Waals surface area (Å²) in [5, 5.41) is 17.9. The van der Waals surface area contributed by atoms with Crippen molar-refractivity contribution in [1.82, 2.24) is 15.2 Å². The number of carbonyl (C=O) groups is 1. The van der Waals surface area contributed by atoms with Crippen LogP contribution in [0.4, 0.5) is 11.4 Å². The number of rotatable bonds is 9. The normalized spacial score (nSPS) is 16.5. The lowest BCUT2D eigenvalue weighted by Crippen LogP contribution is -2.32. The fourth-order valence-electron chi connectivity index (χ4n) is 4.58. The van der Waals surface area contributed by atoms with Gasteiger partial charge in [-0.3, -0.25) is 19.9 Å². The van der Waals surface area contributed by atoms with Gasteiger partial charge in [0, 0.05) is 30.9 Å². The molecule has 10 nitrogen and oxygen atoms in total. The van der Waals surface area contributed by atoms with E-state index in [0.717, 1.165) is 11.4 Å². The SMILES string of the molecule is COc1cc([N+](=O)[O-])ccc1-c1ccc([C@@H]2[C@H](c3ccccn3)NC(=S)N2CCC(=O)Nc2ccccc2)o1. The van der Waals surface area contributed by atoms with Gasteiger partial charge >= 0.3 is 0 Å². The summed E-state index contributed by atoms with van der Waals surface area (Å²) in [6.45, 7) is 0.343. The average Bonchev–Trinajstić information content (AvgIpc) is 3.57. The van der Waals surface area contributed by atoms with Gasteiger partial charge in [0.1, 0.15) is 23.3 Å². The first-order valence-corrected chi connectivity index (χ1v) is 12.6. The van der Waals surface area contributed by atoms with Gasteiger partial charge in [-0.25, -0.2) is 0 Å². The molecule has 1 aliphatic rings. The van der Waals surface area contributed by atoms with Gasteiger partial charge in [-0.05, 0) is 54.7 Å². The summed E-state index contributed by atoms with van der Waals surface area (Å²) in [4.78, 5) is 29.9. The number of non-ortho nitro benzene ring substituents is 1. The fourth-order valence-corrected chi connectivity index (χ4v) is 4.91. The molecule has 0 spiro atoms. The number of hydrogen-bond donors (Lipinski definition) is 2. The molecule has 2 aromatic carbocycles. The van der Waals surface area contributed by atoms with Gasteiger partial charge in [0.2, 0.25) is 5.91 Å². The Labute approximate surface area is 229 Å². The number of hydrogen-bond acceptors (Lipinski definition) is 7. The van der Waals surface area contributed by atoms with E-state index < -0.39 is 11.0 Å². The predicted molar refractivity (Wildman–Crippen MR) is 149 cm³/mol. The lowest BCUT2D eigenvalue weighted by Gasteiger charge is -2.25. The van der Waals surface area contributed by atoms with Crippen LogP contribution < -0.4 is 15.4 Å². The summed E-state index contributed by atoms with van der Waals surface area (Å²) in [5.41, 5.74) is 1.99. The molecule has 0 aliphatic carbocycles. The summed E-state index contributed by atoms with van der Waals surface area (Å²) in [6.07, 6.45) is 1.91. The molecule has 1 amide bonds. The van der Waals surface area contributed by atoms with E-state index in [2.05, 4.69) is 15.6 Å². The maximum absolute atomic E-state index is 12.7. The van der Waals surface area contributed by atoms with Gasteiger partial charge in [0.25, 0.3) is 5.69 Å². The number of pyridine rings is 1. The summed E-state index contributed by atoms with van der Waals surface area (Å²) >= 11 is 5.68. The van der Waals surface area contributed by atoms with Crippen LogP contribution >= 0.6 is 12.2 Å². The molecule has 11 heteroatoms. The van der Waals surface area contributed by atoms with Gasteiger partial charge in [-0.15, -0.1) is 0 Å². The Hall–Kier alpha value is -4.77. The number of methoxy groups -OCH3 is 1. The van der Waals surface area contributed by atoms with E-state index in [0.29, 0.717) is 34.5 Å². The van der Waals surface area contributed by atoms with Crippen molar-refractivity contribution in [3.05, 3.63) is 107 Å². The molecular formula is C28H25N5O5S. The number of furan rings is 1. The number of thiocarbonyl (C=S) groups is 1. The first-order valence-electron chi connectivity index (χ1n) is 12.2. The number of benzene rings is 2. The number of para-hydroxylation sites is 1. The minimum absolute atomic E-state index is 0.0807. The third kappa shape index (κ3) is 5.58. The van der Waals surface area contributed by atoms with Crippen molar-refractivity contribution in [2.24, 2.45) is 0 Å². The van der Waals surface area contributed by atoms with E-state index in [1.807, 2.05) is 59.5 Å². The maximum Gasteiger partial charge on any atom is 0.273 e. The third-order valence-corrected chi connectivity index (χ3v) is 6.77. The lowest BCUT2D eigenvalue weighted by atomic mass is 10.0. The van der Waals surface area contributed by atoms with Crippen LogP contribution in [0.2, 0.25) is 0 Å². The van der Waals surface area contributed by atoms with E-state index in [-0.39, 0.29) is 24.1 Å². The van der Waals surface area contributed by atoms with E-state index >= 15 is 0 Å². The zero-order valence-electron chi connectivity index (χ0n) is 20.9. The van der Waals surface area contributed by atoms with Crippen molar-refractivity contribution in [1.29, 1.82) is 0 Å². The summed E-state index contributed by atoms with van der Waals surface area (Å²) < 4.78 is 11.7. The third-order valence-electron chi connectivity index (χ3n) is 6.41. The standard InChI is InChI=1S/C28H25N5O5S/c1-37-24-17-19(33(35)36)10-11-20(24)22-12-13-23(38-22)27-26(21-9-5-6-15-29-21)31-28(39)32(27)16-14-25(34)30-18-7-3-2-4-8-18/h2-13,15,17,26-27H,14,16H2,1H3,(H,30,34)(H,31,39)/t26-,27+/m0/s1. The number of nitrogens with zero attached hydrogens (tertiary/aromatic N) is 3. The number of nitro benzene ring substituents is 1. The quantitative estimate of drug-likeness (QED) is 0.165. The molecule has 1 aliphatic heterocycles. The average molecular weight is 544 g/mol. The molecule has 0 saturated carbocycles. The van der Waals surface area contributed by atoms with E-state index in [1.165, 1.54) is 19.2 Å². The van der Waals surface area contributed by atoms with Gasteiger partial charge in [-0.1, -0.05) is 24.3 Å². The molecule has 4 aromatic rings. The van der Waals surface area contributed by atoms with Crippen LogP contribution in [-0.4, -0.2) is 39.5 Å². The van der Waals surface area contributed by atoms with Crippen LogP contribution in [0.5, 0.6) is 5.75 Å². The number of aromatic nitrogens is 1. The maximum atomic E-state index is 12.7. The Balaban J connectivity index is 1.43. The van der Waals surface area contributed by atoms with Crippen molar-refractivity contribution in [2.75, 3.05) is 19.0 Å². The van der Waals surface area contributed by atoms with Crippen LogP contribution in [0.25, 0.3) is 11.3 Å². The Morgan fingerprint density at radius 1 is 1.15 bits per heavy atom. The highest BCUT2D eigenvalue weighted by Crippen LogP contribution is 2.42. The monoisotopic (exact) mass is 543 g/mol. The Bertz CT molecular complexity index is 1490. The number of nitrogens with one attached hydrogen (secondary N) is 2. The van der Waals surface area contributed by atoms with Gasteiger partial charge in [-0.2, -0.15) is 0 Å². The van der Waals surface area contributed by atoms with E-state index in [1.54, 1.807) is 18.3 Å². The molecule has 0 radical (unpaired) electrons. The highest BCUT2D eigenvalue weighted by molar-refractivity contribution is 7.80. The van der Waals surface area contributed by atoms with Crippen molar-refractivity contribution in [3.63, 3.8) is 0 Å². The summed E-state index contributed by atoms with van der Waals surface area (Å²) in [5.74, 6) is 1.26. The molecule has 1 saturated heterocycles. The molecule has 198 valence electrons. The number of amides is 1. The smallest absolute Gasteiger partial charge is 0.273 e. The molecule has 2 atom stereocenters. The number of anilines is 1. The van der Waals surface area contributed by atoms with Crippen LogP contribution in [0.15, 0.2) is 89.5 Å². The Morgan fingerprint density at radius 3 is 2.67 bits per heavy atom. The molecule has 0 unspecified atom stereocenters. The lowest BCUT2D eigenvalue weighted by molar-refractivity contribution is -0.384. The second-order valence-corrected chi connectivity index (χ2v) is 9.21. The highest BCUT2D eigenvalue weighted by atomic mass is 32.1. The number of nitro groups is 1. The fraction of sp³-hybridized carbons (Fsp3) is 0.179. The van der Waals surface area contributed by atoms with Crippen molar-refractivity contribution in [3.8, 4) is 17.1 Å². The molecule has 2 N–H and O–H groups in total. The van der Waals surface area contributed by atoms with Crippen molar-refractivity contribution in [2.45, 2.75) is 18.5 Å². The second-order valence-electron chi connectivity index (χ2n) is 8.83. The van der Waals surface area contributed by atoms with Gasteiger partial charge in [0.05, 0.1) is 35.4 Å². The minimum atomic E-state index is -0.478. The van der Waals surface area contributed by atoms with Gasteiger partial charge < -0.3 is 24.7 Å². The van der Waals surface area contributed by atoms with Crippen LogP contribution in [-0.2, 0) is 4.79 Å². The molecule has 3 heterocycles. The van der Waals surface area contributed by atoms with Gasteiger partial charge in [0.15, 0.2) is 5.11 Å². The van der Waals surface area contributed by atoms with E-state index in [9.17, 15) is 14.9 Å². The number of ether oxygens (including phenoxy) is 1. The zero-order chi connectivity index (χ0) is 27.4. The Kier molecular flexibility index (Phi) is 7.50. The minimum Gasteiger partial charge on any atom is -0.496 e. The van der Waals surface area contributed by atoms with Crippen LogP contribution in [0, 0.1) is 10.1 Å². The number of carbonyl (C=O) groups excluding carboxylic acids is 1. The predicted octanol–water partition coefficient (Wildman–Crippen LogP) is 5.26. The highest BCUT2D eigenvalue weighted by Gasteiger charge is 2.41. The Morgan fingerprint density at radius 2 is 1.95 bits per heavy atom. The van der Waals surface area contributed by atoms with E-state index in [4.69, 9.17) is 21.4 Å². The molecule has 39 heavy (non-hydrogen) atoms.